The maximum Gasteiger partial charge on any atom is 0.261 e. The molecule has 3 aromatic rings. The Hall–Kier alpha value is -2.14. The molecule has 1 atom stereocenters. The number of aromatic nitrogens is 2. The molecule has 1 unspecified atom stereocenters. The number of amides is 1. The van der Waals surface area contributed by atoms with Crippen LogP contribution < -0.4 is 5.32 Å². The van der Waals surface area contributed by atoms with Crippen molar-refractivity contribution in [1.29, 1.82) is 0 Å². The molecule has 2 heterocycles. The third-order valence-corrected chi connectivity index (χ3v) is 5.23. The Kier molecular flexibility index (Phi) is 4.22. The van der Waals surface area contributed by atoms with Gasteiger partial charge in [0.15, 0.2) is 0 Å². The van der Waals surface area contributed by atoms with Crippen LogP contribution in [0.25, 0.3) is 10.2 Å². The van der Waals surface area contributed by atoms with E-state index in [2.05, 4.69) is 36.4 Å². The molecule has 2 aromatic heterocycles. The highest BCUT2D eigenvalue weighted by Gasteiger charge is 2.21. The number of fused-ring (bicyclic) bond motifs is 1. The van der Waals surface area contributed by atoms with Crippen LogP contribution in [0.4, 0.5) is 0 Å². The highest BCUT2D eigenvalue weighted by atomic mass is 32.1. The maximum atomic E-state index is 12.7. The summed E-state index contributed by atoms with van der Waals surface area (Å²) in [5.74, 6) is 0.298. The van der Waals surface area contributed by atoms with Crippen molar-refractivity contribution in [3.05, 3.63) is 52.5 Å². The van der Waals surface area contributed by atoms with Gasteiger partial charge in [0.05, 0.1) is 16.6 Å². The largest absolute Gasteiger partial charge is 0.344 e. The second-order valence-electron chi connectivity index (χ2n) is 6.14. The van der Waals surface area contributed by atoms with E-state index in [9.17, 15) is 4.79 Å². The molecule has 4 nitrogen and oxygen atoms in total. The summed E-state index contributed by atoms with van der Waals surface area (Å²) in [4.78, 5) is 14.5. The number of benzene rings is 1. The van der Waals surface area contributed by atoms with E-state index in [1.165, 1.54) is 11.3 Å². The molecule has 5 heteroatoms. The lowest BCUT2D eigenvalue weighted by Gasteiger charge is -2.22. The number of hydrogen-bond donors (Lipinski definition) is 1. The van der Waals surface area contributed by atoms with E-state index < -0.39 is 0 Å². The zero-order chi connectivity index (χ0) is 16.6. The lowest BCUT2D eigenvalue weighted by molar-refractivity contribution is 0.0930. The van der Waals surface area contributed by atoms with Crippen molar-refractivity contribution in [1.82, 2.24) is 15.1 Å². The van der Waals surface area contributed by atoms with E-state index in [0.29, 0.717) is 5.92 Å². The van der Waals surface area contributed by atoms with E-state index in [1.54, 1.807) is 0 Å². The van der Waals surface area contributed by atoms with Gasteiger partial charge in [0, 0.05) is 12.4 Å². The van der Waals surface area contributed by atoms with Crippen molar-refractivity contribution in [3.63, 3.8) is 0 Å². The van der Waals surface area contributed by atoms with Crippen LogP contribution in [-0.4, -0.2) is 15.7 Å². The smallest absolute Gasteiger partial charge is 0.261 e. The van der Waals surface area contributed by atoms with Gasteiger partial charge in [0.1, 0.15) is 4.83 Å². The molecule has 1 amide bonds. The predicted molar refractivity (Wildman–Crippen MR) is 94.8 cm³/mol. The van der Waals surface area contributed by atoms with Crippen LogP contribution in [0.2, 0.25) is 0 Å². The van der Waals surface area contributed by atoms with Crippen molar-refractivity contribution in [2.24, 2.45) is 13.0 Å². The maximum absolute atomic E-state index is 12.7. The first-order chi connectivity index (χ1) is 11.0. The number of nitrogens with one attached hydrogen (secondary N) is 1. The fraction of sp³-hybridized carbons (Fsp3) is 0.333. The minimum atomic E-state index is -0.0202. The standard InChI is InChI=1S/C18H21N3OS/c1-11(2)16(13-8-6-5-7-9-13)19-17(22)15-10-14-12(3)20-21(4)18(14)23-15/h5-11,16H,1-4H3,(H,19,22). The first-order valence-corrected chi connectivity index (χ1v) is 8.58. The van der Waals surface area contributed by atoms with Gasteiger partial charge in [-0.25, -0.2) is 0 Å². The Morgan fingerprint density at radius 1 is 1.26 bits per heavy atom. The summed E-state index contributed by atoms with van der Waals surface area (Å²) >= 11 is 1.49. The fourth-order valence-corrected chi connectivity index (χ4v) is 3.85. The lowest BCUT2D eigenvalue weighted by Crippen LogP contribution is -2.31. The van der Waals surface area contributed by atoms with Crippen LogP contribution in [0.1, 0.15) is 40.8 Å². The monoisotopic (exact) mass is 327 g/mol. The van der Waals surface area contributed by atoms with E-state index >= 15 is 0 Å². The average molecular weight is 327 g/mol. The third-order valence-electron chi connectivity index (χ3n) is 4.03. The SMILES string of the molecule is Cc1nn(C)c2sc(C(=O)NC(c3ccccc3)C(C)C)cc12. The van der Waals surface area contributed by atoms with Crippen molar-refractivity contribution in [2.45, 2.75) is 26.8 Å². The summed E-state index contributed by atoms with van der Waals surface area (Å²) in [5, 5.41) is 8.62. The first kappa shape index (κ1) is 15.7. The number of aryl methyl sites for hydroxylation is 2. The van der Waals surface area contributed by atoms with Crippen LogP contribution >= 0.6 is 11.3 Å². The second-order valence-corrected chi connectivity index (χ2v) is 7.17. The Labute approximate surface area is 140 Å². The molecule has 0 aliphatic rings. The average Bonchev–Trinajstić information content (AvgIpc) is 3.07. The predicted octanol–water partition coefficient (Wildman–Crippen LogP) is 4.07. The molecular weight excluding hydrogens is 306 g/mol. The second kappa shape index (κ2) is 6.16. The Bertz CT molecular complexity index is 798. The summed E-state index contributed by atoms with van der Waals surface area (Å²) in [6.45, 7) is 6.21. The van der Waals surface area contributed by atoms with Gasteiger partial charge in [-0.15, -0.1) is 11.3 Å². The van der Waals surface area contributed by atoms with Gasteiger partial charge in [0.25, 0.3) is 5.91 Å². The zero-order valence-electron chi connectivity index (χ0n) is 13.8. The van der Waals surface area contributed by atoms with Crippen molar-refractivity contribution in [3.8, 4) is 0 Å². The number of carbonyl (C=O) groups excluding carboxylic acids is 1. The van der Waals surface area contributed by atoms with Gasteiger partial charge < -0.3 is 5.32 Å². The first-order valence-electron chi connectivity index (χ1n) is 7.76. The lowest BCUT2D eigenvalue weighted by atomic mass is 9.96. The van der Waals surface area contributed by atoms with Gasteiger partial charge in [-0.2, -0.15) is 5.10 Å². The normalized spacial score (nSPS) is 12.7. The molecule has 0 aliphatic heterocycles. The summed E-state index contributed by atoms with van der Waals surface area (Å²) in [5.41, 5.74) is 2.09. The Morgan fingerprint density at radius 2 is 1.96 bits per heavy atom. The van der Waals surface area contributed by atoms with Gasteiger partial charge in [-0.3, -0.25) is 9.48 Å². The summed E-state index contributed by atoms with van der Waals surface area (Å²) < 4.78 is 1.84. The Balaban J connectivity index is 1.87. The van der Waals surface area contributed by atoms with Gasteiger partial charge in [-0.05, 0) is 24.5 Å². The Morgan fingerprint density at radius 3 is 2.57 bits per heavy atom. The molecule has 23 heavy (non-hydrogen) atoms. The van der Waals surface area contributed by atoms with Crippen LogP contribution in [-0.2, 0) is 7.05 Å². The molecule has 0 saturated heterocycles. The number of nitrogens with zero attached hydrogens (tertiary/aromatic N) is 2. The molecule has 1 N–H and O–H groups in total. The number of thiophene rings is 1. The number of rotatable bonds is 4. The molecule has 0 radical (unpaired) electrons. The van der Waals surface area contributed by atoms with Crippen LogP contribution in [0.5, 0.6) is 0 Å². The molecule has 120 valence electrons. The van der Waals surface area contributed by atoms with Crippen LogP contribution in [0.3, 0.4) is 0 Å². The molecule has 3 rings (SSSR count). The van der Waals surface area contributed by atoms with E-state index in [4.69, 9.17) is 0 Å². The zero-order valence-corrected chi connectivity index (χ0v) is 14.6. The van der Waals surface area contributed by atoms with Crippen molar-refractivity contribution in [2.75, 3.05) is 0 Å². The minimum absolute atomic E-state index is 0.00753. The third kappa shape index (κ3) is 3.01. The van der Waals surface area contributed by atoms with Crippen LogP contribution in [0, 0.1) is 12.8 Å². The van der Waals surface area contributed by atoms with Gasteiger partial charge >= 0.3 is 0 Å². The van der Waals surface area contributed by atoms with Gasteiger partial charge in [0.2, 0.25) is 0 Å². The van der Waals surface area contributed by atoms with Crippen molar-refractivity contribution >= 4 is 27.5 Å². The number of hydrogen-bond acceptors (Lipinski definition) is 3. The molecule has 0 fully saturated rings. The summed E-state index contributed by atoms with van der Waals surface area (Å²) in [7, 11) is 1.91. The fourth-order valence-electron chi connectivity index (χ4n) is 2.82. The minimum Gasteiger partial charge on any atom is -0.344 e. The van der Waals surface area contributed by atoms with Gasteiger partial charge in [-0.1, -0.05) is 44.2 Å². The molecule has 0 saturated carbocycles. The van der Waals surface area contributed by atoms with Crippen LogP contribution in [0.15, 0.2) is 36.4 Å². The number of carbonyl (C=O) groups is 1. The molecule has 1 aromatic carbocycles. The molecule has 0 aliphatic carbocycles. The van der Waals surface area contributed by atoms with E-state index in [0.717, 1.165) is 26.4 Å². The molecule has 0 bridgehead atoms. The summed E-state index contributed by atoms with van der Waals surface area (Å²) in [6.07, 6.45) is 0. The highest BCUT2D eigenvalue weighted by molar-refractivity contribution is 7.20. The molecular formula is C18H21N3OS. The highest BCUT2D eigenvalue weighted by Crippen LogP contribution is 2.29. The topological polar surface area (TPSA) is 46.9 Å². The van der Waals surface area contributed by atoms with E-state index in [1.807, 2.05) is 42.9 Å². The van der Waals surface area contributed by atoms with Crippen molar-refractivity contribution < 1.29 is 4.79 Å². The molecule has 0 spiro atoms. The van der Waals surface area contributed by atoms with E-state index in [-0.39, 0.29) is 11.9 Å². The quantitative estimate of drug-likeness (QED) is 0.785. The summed E-state index contributed by atoms with van der Waals surface area (Å²) in [6, 6.07) is 12.1.